The van der Waals surface area contributed by atoms with Crippen molar-refractivity contribution in [3.05, 3.63) is 11.6 Å². The smallest absolute Gasteiger partial charge is 0.170 e. The third kappa shape index (κ3) is 1.78. The Hall–Kier alpha value is -0.900. The second kappa shape index (κ2) is 3.93. The van der Waals surface area contributed by atoms with Crippen LogP contribution < -0.4 is 5.32 Å². The van der Waals surface area contributed by atoms with Gasteiger partial charge in [0.1, 0.15) is 5.82 Å². The average Bonchev–Trinajstić information content (AvgIpc) is 2.87. The lowest BCUT2D eigenvalue weighted by Gasteiger charge is -2.24. The van der Waals surface area contributed by atoms with Gasteiger partial charge in [0.25, 0.3) is 0 Å². The molecule has 0 amide bonds. The lowest BCUT2D eigenvalue weighted by atomic mass is 9.93. The van der Waals surface area contributed by atoms with E-state index in [-0.39, 0.29) is 5.54 Å². The molecular formula is C11H20N4. The first-order valence-corrected chi connectivity index (χ1v) is 5.86. The minimum atomic E-state index is 0.0314. The molecule has 1 aliphatic rings. The molecule has 15 heavy (non-hydrogen) atoms. The van der Waals surface area contributed by atoms with Gasteiger partial charge in [0.2, 0.25) is 0 Å². The predicted molar refractivity (Wildman–Crippen MR) is 59.7 cm³/mol. The van der Waals surface area contributed by atoms with Crippen LogP contribution in [0.2, 0.25) is 0 Å². The maximum Gasteiger partial charge on any atom is 0.170 e. The molecule has 4 heteroatoms. The molecule has 2 heterocycles. The van der Waals surface area contributed by atoms with E-state index in [0.29, 0.717) is 5.92 Å². The topological polar surface area (TPSA) is 53.6 Å². The van der Waals surface area contributed by atoms with Crippen molar-refractivity contribution in [1.82, 2.24) is 20.5 Å². The van der Waals surface area contributed by atoms with Crippen LogP contribution in [0.1, 0.15) is 57.6 Å². The Morgan fingerprint density at radius 2 is 2.27 bits per heavy atom. The minimum absolute atomic E-state index is 0.0314. The molecule has 1 aromatic rings. The van der Waals surface area contributed by atoms with Gasteiger partial charge in [0.15, 0.2) is 5.82 Å². The summed E-state index contributed by atoms with van der Waals surface area (Å²) in [5.74, 6) is 2.36. The number of rotatable bonds is 3. The molecule has 1 unspecified atom stereocenters. The zero-order valence-electron chi connectivity index (χ0n) is 9.80. The molecule has 0 saturated carbocycles. The van der Waals surface area contributed by atoms with Crippen molar-refractivity contribution < 1.29 is 0 Å². The van der Waals surface area contributed by atoms with Gasteiger partial charge >= 0.3 is 0 Å². The standard InChI is InChI=1S/C11H20N4/c1-4-11(6-5-7-12-11)10-13-9(8(2)3)14-15-10/h8,12H,4-7H2,1-3H3,(H,13,14,15). The molecule has 0 radical (unpaired) electrons. The molecule has 2 N–H and O–H groups in total. The number of nitrogens with zero attached hydrogens (tertiary/aromatic N) is 2. The Labute approximate surface area is 90.9 Å². The summed E-state index contributed by atoms with van der Waals surface area (Å²) in [7, 11) is 0. The molecule has 1 saturated heterocycles. The molecule has 1 atom stereocenters. The molecule has 1 fully saturated rings. The molecule has 4 nitrogen and oxygen atoms in total. The fraction of sp³-hybridized carbons (Fsp3) is 0.818. The van der Waals surface area contributed by atoms with E-state index < -0.39 is 0 Å². The van der Waals surface area contributed by atoms with Crippen molar-refractivity contribution in [3.63, 3.8) is 0 Å². The summed E-state index contributed by atoms with van der Waals surface area (Å²) in [6.07, 6.45) is 3.43. The monoisotopic (exact) mass is 208 g/mol. The zero-order valence-corrected chi connectivity index (χ0v) is 9.80. The number of hydrogen-bond acceptors (Lipinski definition) is 3. The number of aromatic nitrogens is 3. The van der Waals surface area contributed by atoms with Crippen molar-refractivity contribution >= 4 is 0 Å². The first-order chi connectivity index (χ1) is 7.18. The van der Waals surface area contributed by atoms with Gasteiger partial charge in [0, 0.05) is 5.92 Å². The van der Waals surface area contributed by atoms with Crippen molar-refractivity contribution in [2.75, 3.05) is 6.54 Å². The molecule has 0 aromatic carbocycles. The second-order valence-corrected chi connectivity index (χ2v) is 4.66. The summed E-state index contributed by atoms with van der Waals surface area (Å²) >= 11 is 0. The van der Waals surface area contributed by atoms with Crippen LogP contribution >= 0.6 is 0 Å². The van der Waals surface area contributed by atoms with E-state index in [0.717, 1.165) is 31.0 Å². The normalized spacial score (nSPS) is 26.4. The van der Waals surface area contributed by atoms with Crippen molar-refractivity contribution in [3.8, 4) is 0 Å². The molecule has 0 bridgehead atoms. The van der Waals surface area contributed by atoms with Gasteiger partial charge in [-0.15, -0.1) is 0 Å². The van der Waals surface area contributed by atoms with Crippen molar-refractivity contribution in [2.24, 2.45) is 0 Å². The van der Waals surface area contributed by atoms with E-state index in [4.69, 9.17) is 0 Å². The van der Waals surface area contributed by atoms with Gasteiger partial charge < -0.3 is 5.32 Å². The molecule has 2 rings (SSSR count). The van der Waals surface area contributed by atoms with Gasteiger partial charge in [-0.3, -0.25) is 5.10 Å². The number of hydrogen-bond donors (Lipinski definition) is 2. The maximum atomic E-state index is 4.61. The summed E-state index contributed by atoms with van der Waals surface area (Å²) in [6, 6.07) is 0. The summed E-state index contributed by atoms with van der Waals surface area (Å²) < 4.78 is 0. The van der Waals surface area contributed by atoms with E-state index in [9.17, 15) is 0 Å². The van der Waals surface area contributed by atoms with E-state index in [1.807, 2.05) is 0 Å². The first-order valence-electron chi connectivity index (χ1n) is 5.86. The molecular weight excluding hydrogens is 188 g/mol. The van der Waals surface area contributed by atoms with Gasteiger partial charge in [-0.05, 0) is 25.8 Å². The molecule has 1 aromatic heterocycles. The van der Waals surface area contributed by atoms with Gasteiger partial charge in [-0.2, -0.15) is 5.10 Å². The summed E-state index contributed by atoms with van der Waals surface area (Å²) in [4.78, 5) is 4.61. The number of aromatic amines is 1. The van der Waals surface area contributed by atoms with Crippen LogP contribution in [0.5, 0.6) is 0 Å². The quantitative estimate of drug-likeness (QED) is 0.798. The highest BCUT2D eigenvalue weighted by atomic mass is 15.3. The van der Waals surface area contributed by atoms with Crippen LogP contribution in [0.4, 0.5) is 0 Å². The lowest BCUT2D eigenvalue weighted by Crippen LogP contribution is -2.37. The highest BCUT2D eigenvalue weighted by Gasteiger charge is 2.37. The van der Waals surface area contributed by atoms with E-state index >= 15 is 0 Å². The van der Waals surface area contributed by atoms with Crippen molar-refractivity contribution in [2.45, 2.75) is 51.5 Å². The number of nitrogens with one attached hydrogen (secondary N) is 2. The Morgan fingerprint density at radius 1 is 1.47 bits per heavy atom. The first kappa shape index (κ1) is 10.6. The van der Waals surface area contributed by atoms with E-state index in [2.05, 4.69) is 41.3 Å². The Bertz CT molecular complexity index is 323. The third-order valence-electron chi connectivity index (χ3n) is 3.32. The van der Waals surface area contributed by atoms with Gasteiger partial charge in [0.05, 0.1) is 5.54 Å². The Balaban J connectivity index is 2.27. The SMILES string of the molecule is CCC1(c2n[nH]c(C(C)C)n2)CCCN1. The average molecular weight is 208 g/mol. The predicted octanol–water partition coefficient (Wildman–Crippen LogP) is 1.92. The fourth-order valence-corrected chi connectivity index (χ4v) is 2.20. The maximum absolute atomic E-state index is 4.61. The van der Waals surface area contributed by atoms with E-state index in [1.54, 1.807) is 0 Å². The fourth-order valence-electron chi connectivity index (χ4n) is 2.20. The minimum Gasteiger partial charge on any atom is -0.305 e. The Kier molecular flexibility index (Phi) is 2.78. The van der Waals surface area contributed by atoms with Crippen molar-refractivity contribution in [1.29, 1.82) is 0 Å². The van der Waals surface area contributed by atoms with Crippen LogP contribution in [0, 0.1) is 0 Å². The molecule has 1 aliphatic heterocycles. The highest BCUT2D eigenvalue weighted by Crippen LogP contribution is 2.31. The zero-order chi connectivity index (χ0) is 10.9. The molecule has 0 aliphatic carbocycles. The van der Waals surface area contributed by atoms with Crippen LogP contribution in [-0.2, 0) is 5.54 Å². The van der Waals surface area contributed by atoms with Crippen LogP contribution in [0.25, 0.3) is 0 Å². The van der Waals surface area contributed by atoms with Crippen LogP contribution in [0.3, 0.4) is 0 Å². The van der Waals surface area contributed by atoms with E-state index in [1.165, 1.54) is 6.42 Å². The van der Waals surface area contributed by atoms with Gasteiger partial charge in [-0.1, -0.05) is 20.8 Å². The highest BCUT2D eigenvalue weighted by molar-refractivity contribution is 5.10. The summed E-state index contributed by atoms with van der Waals surface area (Å²) in [6.45, 7) is 7.54. The second-order valence-electron chi connectivity index (χ2n) is 4.66. The molecule has 0 spiro atoms. The third-order valence-corrected chi connectivity index (χ3v) is 3.32. The number of H-pyrrole nitrogens is 1. The van der Waals surface area contributed by atoms with Gasteiger partial charge in [-0.25, -0.2) is 4.98 Å². The Morgan fingerprint density at radius 3 is 2.73 bits per heavy atom. The summed E-state index contributed by atoms with van der Waals surface area (Å²) in [5, 5.41) is 10.9. The summed E-state index contributed by atoms with van der Waals surface area (Å²) in [5.41, 5.74) is 0.0314. The molecule has 84 valence electrons. The van der Waals surface area contributed by atoms with Crippen LogP contribution in [0.15, 0.2) is 0 Å². The lowest BCUT2D eigenvalue weighted by molar-refractivity contribution is 0.353. The largest absolute Gasteiger partial charge is 0.305 e. The van der Waals surface area contributed by atoms with Crippen LogP contribution in [-0.4, -0.2) is 21.7 Å².